The van der Waals surface area contributed by atoms with E-state index < -0.39 is 0 Å². The Balaban J connectivity index is 1.52. The fourth-order valence-electron chi connectivity index (χ4n) is 3.65. The monoisotopic (exact) mass is 387 g/mol. The lowest BCUT2D eigenvalue weighted by Crippen LogP contribution is -2.15. The van der Waals surface area contributed by atoms with Crippen LogP contribution >= 0.6 is 11.3 Å². The third-order valence-corrected chi connectivity index (χ3v) is 5.73. The molecule has 1 aliphatic rings. The van der Waals surface area contributed by atoms with Gasteiger partial charge in [0.25, 0.3) is 5.91 Å². The Kier molecular flexibility index (Phi) is 5.17. The Morgan fingerprint density at radius 2 is 1.86 bits per heavy atom. The van der Waals surface area contributed by atoms with Gasteiger partial charge in [-0.2, -0.15) is 0 Å². The summed E-state index contributed by atoms with van der Waals surface area (Å²) in [6.07, 6.45) is 7.77. The summed E-state index contributed by atoms with van der Waals surface area (Å²) in [7, 11) is 0. The number of amides is 1. The van der Waals surface area contributed by atoms with Crippen LogP contribution in [0.4, 0.5) is 5.13 Å². The Hall–Kier alpha value is -3.05. The van der Waals surface area contributed by atoms with Crippen molar-refractivity contribution in [1.82, 2.24) is 9.97 Å². The number of anilines is 1. The van der Waals surface area contributed by atoms with E-state index in [1.54, 1.807) is 24.5 Å². The quantitative estimate of drug-likeness (QED) is 0.638. The molecule has 4 nitrogen and oxygen atoms in total. The van der Waals surface area contributed by atoms with Gasteiger partial charge < -0.3 is 0 Å². The van der Waals surface area contributed by atoms with Crippen molar-refractivity contribution in [1.29, 1.82) is 0 Å². The second-order valence-electron chi connectivity index (χ2n) is 6.98. The molecule has 4 rings (SSSR count). The number of benzene rings is 1. The minimum atomic E-state index is -0.168. The zero-order chi connectivity index (χ0) is 19.5. The lowest BCUT2D eigenvalue weighted by molar-refractivity contribution is 0.102. The zero-order valence-corrected chi connectivity index (χ0v) is 16.6. The molecule has 2 heterocycles. The average Bonchev–Trinajstić information content (AvgIpc) is 3.16. The van der Waals surface area contributed by atoms with Crippen LogP contribution in [-0.4, -0.2) is 15.9 Å². The summed E-state index contributed by atoms with van der Waals surface area (Å²) >= 11 is 1.46. The average molecular weight is 388 g/mol. The fraction of sp³-hybridized carbons (Fsp3) is 0.174. The Labute approximate surface area is 168 Å². The standard InChI is InChI=1S/C23H21N3OS/c1-15-12-19(17-6-4-3-5-7-17)13-16(2)21(15)20-14-28-23(25-20)26-22(27)18-8-10-24-11-9-18/h3-15,21H,1-2H3,(H,25,26,27). The number of nitrogens with one attached hydrogen (secondary N) is 1. The third kappa shape index (κ3) is 3.80. The molecule has 2 atom stereocenters. The molecular formula is C23H21N3OS. The summed E-state index contributed by atoms with van der Waals surface area (Å²) in [5.41, 5.74) is 5.34. The van der Waals surface area contributed by atoms with Gasteiger partial charge in [-0.25, -0.2) is 4.98 Å². The normalized spacial score (nSPS) is 18.9. The van der Waals surface area contributed by atoms with Crippen LogP contribution in [0.25, 0.3) is 5.57 Å². The molecule has 1 aliphatic carbocycles. The van der Waals surface area contributed by atoms with Crippen molar-refractivity contribution in [2.24, 2.45) is 5.92 Å². The molecule has 3 aromatic rings. The second-order valence-corrected chi connectivity index (χ2v) is 7.84. The highest BCUT2D eigenvalue weighted by Gasteiger charge is 2.26. The smallest absolute Gasteiger partial charge is 0.257 e. The van der Waals surface area contributed by atoms with E-state index in [2.05, 4.69) is 60.6 Å². The number of carbonyl (C=O) groups is 1. The third-order valence-electron chi connectivity index (χ3n) is 4.95. The first-order chi connectivity index (χ1) is 13.6. The maximum absolute atomic E-state index is 12.3. The summed E-state index contributed by atoms with van der Waals surface area (Å²) in [6, 6.07) is 13.8. The van der Waals surface area contributed by atoms with Gasteiger partial charge in [0, 0.05) is 29.3 Å². The summed E-state index contributed by atoms with van der Waals surface area (Å²) in [5.74, 6) is 0.375. The minimum Gasteiger partial charge on any atom is -0.298 e. The van der Waals surface area contributed by atoms with Gasteiger partial charge in [0.05, 0.1) is 5.69 Å². The van der Waals surface area contributed by atoms with Gasteiger partial charge in [-0.15, -0.1) is 11.3 Å². The number of carbonyl (C=O) groups excluding carboxylic acids is 1. The van der Waals surface area contributed by atoms with Crippen LogP contribution in [0, 0.1) is 5.92 Å². The van der Waals surface area contributed by atoms with Crippen LogP contribution in [0.3, 0.4) is 0 Å². The van der Waals surface area contributed by atoms with E-state index in [1.807, 2.05) is 11.4 Å². The highest BCUT2D eigenvalue weighted by Crippen LogP contribution is 2.40. The molecule has 1 amide bonds. The van der Waals surface area contributed by atoms with E-state index in [4.69, 9.17) is 4.98 Å². The molecule has 0 spiro atoms. The summed E-state index contributed by atoms with van der Waals surface area (Å²) in [6.45, 7) is 4.38. The highest BCUT2D eigenvalue weighted by atomic mass is 32.1. The molecule has 28 heavy (non-hydrogen) atoms. The number of pyridine rings is 1. The van der Waals surface area contributed by atoms with E-state index in [0.717, 1.165) is 5.69 Å². The van der Waals surface area contributed by atoms with Gasteiger partial charge in [-0.3, -0.25) is 15.1 Å². The Morgan fingerprint density at radius 1 is 1.11 bits per heavy atom. The van der Waals surface area contributed by atoms with E-state index in [9.17, 15) is 4.79 Å². The molecule has 0 saturated heterocycles. The molecule has 0 aliphatic heterocycles. The highest BCUT2D eigenvalue weighted by molar-refractivity contribution is 7.14. The second kappa shape index (κ2) is 7.90. The first-order valence-corrected chi connectivity index (χ1v) is 10.1. The molecule has 0 radical (unpaired) electrons. The molecule has 1 N–H and O–H groups in total. The van der Waals surface area contributed by atoms with Crippen LogP contribution in [0.2, 0.25) is 0 Å². The molecule has 1 aromatic carbocycles. The largest absolute Gasteiger partial charge is 0.298 e. The van der Waals surface area contributed by atoms with E-state index in [0.29, 0.717) is 16.6 Å². The van der Waals surface area contributed by atoms with Crippen LogP contribution in [0.5, 0.6) is 0 Å². The minimum absolute atomic E-state index is 0.168. The Morgan fingerprint density at radius 3 is 2.57 bits per heavy atom. The first kappa shape index (κ1) is 18.3. The van der Waals surface area contributed by atoms with Crippen molar-refractivity contribution in [2.75, 3.05) is 5.32 Å². The molecule has 5 heteroatoms. The number of allylic oxidation sites excluding steroid dienone is 4. The number of aromatic nitrogens is 2. The molecule has 0 fully saturated rings. The van der Waals surface area contributed by atoms with Gasteiger partial charge in [-0.1, -0.05) is 55.0 Å². The molecule has 0 saturated carbocycles. The van der Waals surface area contributed by atoms with Crippen LogP contribution < -0.4 is 5.32 Å². The van der Waals surface area contributed by atoms with Crippen molar-refractivity contribution >= 4 is 27.9 Å². The SMILES string of the molecule is CC1=CC(c2ccccc2)=CC(C)C1c1csc(NC(=O)c2ccncc2)n1. The van der Waals surface area contributed by atoms with Crippen molar-refractivity contribution in [3.05, 3.63) is 94.8 Å². The van der Waals surface area contributed by atoms with Crippen LogP contribution in [-0.2, 0) is 0 Å². The fourth-order valence-corrected chi connectivity index (χ4v) is 4.39. The van der Waals surface area contributed by atoms with Crippen LogP contribution in [0.1, 0.15) is 41.4 Å². The van der Waals surface area contributed by atoms with Gasteiger partial charge in [-0.05, 0) is 36.1 Å². The van der Waals surface area contributed by atoms with Gasteiger partial charge in [0.1, 0.15) is 0 Å². The Bertz CT molecular complexity index is 1040. The molecule has 2 unspecified atom stereocenters. The maximum Gasteiger partial charge on any atom is 0.257 e. The van der Waals surface area contributed by atoms with Gasteiger partial charge >= 0.3 is 0 Å². The molecule has 2 aromatic heterocycles. The van der Waals surface area contributed by atoms with Crippen molar-refractivity contribution in [3.8, 4) is 0 Å². The van der Waals surface area contributed by atoms with Crippen molar-refractivity contribution in [2.45, 2.75) is 19.8 Å². The number of rotatable bonds is 4. The zero-order valence-electron chi connectivity index (χ0n) is 15.8. The summed E-state index contributed by atoms with van der Waals surface area (Å²) in [4.78, 5) is 21.0. The molecule has 0 bridgehead atoms. The topological polar surface area (TPSA) is 54.9 Å². The maximum atomic E-state index is 12.3. The summed E-state index contributed by atoms with van der Waals surface area (Å²) in [5, 5.41) is 5.55. The molecule has 140 valence electrons. The number of hydrogen-bond acceptors (Lipinski definition) is 4. The van der Waals surface area contributed by atoms with Gasteiger partial charge in [0.15, 0.2) is 5.13 Å². The predicted molar refractivity (Wildman–Crippen MR) is 114 cm³/mol. The van der Waals surface area contributed by atoms with Crippen molar-refractivity contribution in [3.63, 3.8) is 0 Å². The summed E-state index contributed by atoms with van der Waals surface area (Å²) < 4.78 is 0. The van der Waals surface area contributed by atoms with E-state index in [1.165, 1.54) is 28.0 Å². The van der Waals surface area contributed by atoms with E-state index >= 15 is 0 Å². The van der Waals surface area contributed by atoms with Crippen molar-refractivity contribution < 1.29 is 4.79 Å². The first-order valence-electron chi connectivity index (χ1n) is 9.24. The van der Waals surface area contributed by atoms with Crippen LogP contribution in [0.15, 0.2) is 78.0 Å². The number of hydrogen-bond donors (Lipinski definition) is 1. The predicted octanol–water partition coefficient (Wildman–Crippen LogP) is 5.55. The van der Waals surface area contributed by atoms with E-state index in [-0.39, 0.29) is 11.8 Å². The number of nitrogens with zero attached hydrogens (tertiary/aromatic N) is 2. The number of thiazole rings is 1. The molecular weight excluding hydrogens is 366 g/mol. The lowest BCUT2D eigenvalue weighted by atomic mass is 9.78. The lowest BCUT2D eigenvalue weighted by Gasteiger charge is -2.26. The van der Waals surface area contributed by atoms with Gasteiger partial charge in [0.2, 0.25) is 0 Å².